The highest BCUT2D eigenvalue weighted by Gasteiger charge is 2.13. The summed E-state index contributed by atoms with van der Waals surface area (Å²) in [6, 6.07) is 8.58. The third-order valence-electron chi connectivity index (χ3n) is 3.06. The molecular formula is C14H21N5. The predicted octanol–water partition coefficient (Wildman–Crippen LogP) is 2.09. The van der Waals surface area contributed by atoms with Gasteiger partial charge in [0.25, 0.3) is 0 Å². The second kappa shape index (κ2) is 6.43. The van der Waals surface area contributed by atoms with Crippen molar-refractivity contribution in [2.75, 3.05) is 6.54 Å². The van der Waals surface area contributed by atoms with Crippen molar-refractivity contribution in [2.24, 2.45) is 0 Å². The molecule has 19 heavy (non-hydrogen) atoms. The van der Waals surface area contributed by atoms with Crippen molar-refractivity contribution in [2.45, 2.75) is 39.8 Å². The second-order valence-electron chi connectivity index (χ2n) is 4.86. The lowest BCUT2D eigenvalue weighted by Crippen LogP contribution is -2.23. The first kappa shape index (κ1) is 13.7. The van der Waals surface area contributed by atoms with Crippen molar-refractivity contribution in [1.29, 1.82) is 0 Å². The van der Waals surface area contributed by atoms with Crippen LogP contribution in [0.5, 0.6) is 0 Å². The number of benzene rings is 1. The van der Waals surface area contributed by atoms with Gasteiger partial charge in [0.2, 0.25) is 0 Å². The molecule has 5 nitrogen and oxygen atoms in total. The van der Waals surface area contributed by atoms with Gasteiger partial charge in [0.1, 0.15) is 0 Å². The van der Waals surface area contributed by atoms with Crippen LogP contribution in [0.4, 0.5) is 0 Å². The molecule has 1 aromatic heterocycles. The number of hydrogen-bond acceptors (Lipinski definition) is 4. The Labute approximate surface area is 114 Å². The molecule has 0 bridgehead atoms. The van der Waals surface area contributed by atoms with Gasteiger partial charge in [-0.05, 0) is 42.8 Å². The molecule has 0 spiro atoms. The molecule has 0 amide bonds. The fourth-order valence-corrected chi connectivity index (χ4v) is 2.07. The van der Waals surface area contributed by atoms with E-state index >= 15 is 0 Å². The van der Waals surface area contributed by atoms with Gasteiger partial charge < -0.3 is 5.32 Å². The summed E-state index contributed by atoms with van der Waals surface area (Å²) in [5.41, 5.74) is 2.47. The molecule has 0 radical (unpaired) electrons. The molecule has 102 valence electrons. The molecule has 5 heteroatoms. The number of nitrogens with zero attached hydrogens (tertiary/aromatic N) is 4. The molecule has 1 unspecified atom stereocenters. The standard InChI is InChI=1S/C14H21N5/c1-4-8-15-12(3)14-16-17-18-19(14)10-13-7-5-6-11(2)9-13/h5-7,9,12,15H,4,8,10H2,1-3H3. The second-order valence-corrected chi connectivity index (χ2v) is 4.86. The smallest absolute Gasteiger partial charge is 0.168 e. The van der Waals surface area contributed by atoms with Crippen molar-refractivity contribution in [3.8, 4) is 0 Å². The Kier molecular flexibility index (Phi) is 4.63. The van der Waals surface area contributed by atoms with Crippen LogP contribution in [-0.2, 0) is 6.54 Å². The Bertz CT molecular complexity index is 520. The Hall–Kier alpha value is -1.75. The molecule has 1 N–H and O–H groups in total. The largest absolute Gasteiger partial charge is 0.307 e. The first-order chi connectivity index (χ1) is 9.20. The van der Waals surface area contributed by atoms with E-state index in [1.54, 1.807) is 0 Å². The molecule has 1 aromatic carbocycles. The maximum absolute atomic E-state index is 4.13. The molecule has 2 rings (SSSR count). The normalized spacial score (nSPS) is 12.6. The van der Waals surface area contributed by atoms with Crippen LogP contribution in [0.25, 0.3) is 0 Å². The maximum atomic E-state index is 4.13. The minimum absolute atomic E-state index is 0.166. The Balaban J connectivity index is 2.11. The number of rotatable bonds is 6. The molecule has 0 aliphatic carbocycles. The summed E-state index contributed by atoms with van der Waals surface area (Å²) in [7, 11) is 0. The molecule has 0 aliphatic heterocycles. The van der Waals surface area contributed by atoms with E-state index in [1.807, 2.05) is 4.68 Å². The third kappa shape index (κ3) is 3.61. The molecule has 2 aromatic rings. The van der Waals surface area contributed by atoms with Gasteiger partial charge in [-0.3, -0.25) is 0 Å². The van der Waals surface area contributed by atoms with Gasteiger partial charge in [-0.1, -0.05) is 36.8 Å². The zero-order valence-electron chi connectivity index (χ0n) is 11.8. The Morgan fingerprint density at radius 3 is 2.95 bits per heavy atom. The molecule has 0 aliphatic rings. The first-order valence-corrected chi connectivity index (χ1v) is 6.75. The van der Waals surface area contributed by atoms with E-state index in [-0.39, 0.29) is 6.04 Å². The van der Waals surface area contributed by atoms with Crippen LogP contribution in [0, 0.1) is 6.92 Å². The molecule has 1 heterocycles. The minimum Gasteiger partial charge on any atom is -0.307 e. The zero-order chi connectivity index (χ0) is 13.7. The SMILES string of the molecule is CCCNC(C)c1nnnn1Cc1cccc(C)c1. The van der Waals surface area contributed by atoms with Crippen molar-refractivity contribution in [1.82, 2.24) is 25.5 Å². The van der Waals surface area contributed by atoms with Crippen LogP contribution >= 0.6 is 0 Å². The lowest BCUT2D eigenvalue weighted by atomic mass is 10.1. The maximum Gasteiger partial charge on any atom is 0.168 e. The van der Waals surface area contributed by atoms with Crippen LogP contribution in [0.1, 0.15) is 43.3 Å². The molecule has 1 atom stereocenters. The fourth-order valence-electron chi connectivity index (χ4n) is 2.07. The van der Waals surface area contributed by atoms with Crippen LogP contribution in [0.3, 0.4) is 0 Å². The monoisotopic (exact) mass is 259 g/mol. The third-order valence-corrected chi connectivity index (χ3v) is 3.06. The first-order valence-electron chi connectivity index (χ1n) is 6.75. The number of aryl methyl sites for hydroxylation is 1. The van der Waals surface area contributed by atoms with E-state index in [0.717, 1.165) is 18.8 Å². The zero-order valence-corrected chi connectivity index (χ0v) is 11.8. The summed E-state index contributed by atoms with van der Waals surface area (Å²) >= 11 is 0. The van der Waals surface area contributed by atoms with E-state index < -0.39 is 0 Å². The van der Waals surface area contributed by atoms with E-state index in [0.29, 0.717) is 6.54 Å². The lowest BCUT2D eigenvalue weighted by Gasteiger charge is -2.13. The molecular weight excluding hydrogens is 238 g/mol. The number of hydrogen-bond donors (Lipinski definition) is 1. The van der Waals surface area contributed by atoms with Crippen molar-refractivity contribution < 1.29 is 0 Å². The highest BCUT2D eigenvalue weighted by molar-refractivity contribution is 5.22. The number of aromatic nitrogens is 4. The predicted molar refractivity (Wildman–Crippen MR) is 74.8 cm³/mol. The topological polar surface area (TPSA) is 55.6 Å². The van der Waals surface area contributed by atoms with Gasteiger partial charge in [-0.15, -0.1) is 5.10 Å². The van der Waals surface area contributed by atoms with Gasteiger partial charge >= 0.3 is 0 Å². The summed E-state index contributed by atoms with van der Waals surface area (Å²) in [6.45, 7) is 8.01. The quantitative estimate of drug-likeness (QED) is 0.863. The van der Waals surface area contributed by atoms with Crippen LogP contribution < -0.4 is 5.32 Å². The van der Waals surface area contributed by atoms with Gasteiger partial charge in [0.05, 0.1) is 12.6 Å². The summed E-state index contributed by atoms with van der Waals surface area (Å²) in [5, 5.41) is 15.4. The van der Waals surface area contributed by atoms with Gasteiger partial charge in [-0.2, -0.15) is 0 Å². The minimum atomic E-state index is 0.166. The summed E-state index contributed by atoms with van der Waals surface area (Å²) in [6.07, 6.45) is 1.10. The number of nitrogens with one attached hydrogen (secondary N) is 1. The van der Waals surface area contributed by atoms with E-state index in [1.165, 1.54) is 11.1 Å². The summed E-state index contributed by atoms with van der Waals surface area (Å²) < 4.78 is 1.86. The van der Waals surface area contributed by atoms with Crippen LogP contribution in [0.2, 0.25) is 0 Å². The summed E-state index contributed by atoms with van der Waals surface area (Å²) in [4.78, 5) is 0. The van der Waals surface area contributed by atoms with E-state index in [4.69, 9.17) is 0 Å². The molecule has 0 saturated carbocycles. The molecule has 0 saturated heterocycles. The van der Waals surface area contributed by atoms with Crippen molar-refractivity contribution in [3.05, 3.63) is 41.2 Å². The number of tetrazole rings is 1. The van der Waals surface area contributed by atoms with Gasteiger partial charge in [0.15, 0.2) is 5.82 Å². The summed E-state index contributed by atoms with van der Waals surface area (Å²) in [5.74, 6) is 0.884. The average Bonchev–Trinajstić information content (AvgIpc) is 2.84. The molecule has 0 fully saturated rings. The highest BCUT2D eigenvalue weighted by Crippen LogP contribution is 2.11. The average molecular weight is 259 g/mol. The lowest BCUT2D eigenvalue weighted by molar-refractivity contribution is 0.503. The van der Waals surface area contributed by atoms with E-state index in [9.17, 15) is 0 Å². The Morgan fingerprint density at radius 2 is 2.21 bits per heavy atom. The van der Waals surface area contributed by atoms with Crippen molar-refractivity contribution in [3.63, 3.8) is 0 Å². The Morgan fingerprint density at radius 1 is 1.37 bits per heavy atom. The van der Waals surface area contributed by atoms with Crippen molar-refractivity contribution >= 4 is 0 Å². The van der Waals surface area contributed by atoms with Crippen LogP contribution in [0.15, 0.2) is 24.3 Å². The fraction of sp³-hybridized carbons (Fsp3) is 0.500. The van der Waals surface area contributed by atoms with Gasteiger partial charge in [-0.25, -0.2) is 4.68 Å². The van der Waals surface area contributed by atoms with E-state index in [2.05, 4.69) is 65.9 Å². The van der Waals surface area contributed by atoms with Gasteiger partial charge in [0, 0.05) is 0 Å². The highest BCUT2D eigenvalue weighted by atomic mass is 15.5. The van der Waals surface area contributed by atoms with Crippen LogP contribution in [-0.4, -0.2) is 26.8 Å².